The molecular formula is C16H16N2O. The topological polar surface area (TPSA) is 38.0 Å². The lowest BCUT2D eigenvalue weighted by molar-refractivity contribution is 0.476. The fraction of sp³-hybridized carbons (Fsp3) is 0.188. The van der Waals surface area contributed by atoms with E-state index in [1.54, 1.807) is 18.3 Å². The third kappa shape index (κ3) is 1.97. The smallest absolute Gasteiger partial charge is 0.116 e. The van der Waals surface area contributed by atoms with Crippen molar-refractivity contribution >= 4 is 10.8 Å². The first-order chi connectivity index (χ1) is 9.16. The van der Waals surface area contributed by atoms with Crippen LogP contribution in [0.4, 0.5) is 0 Å². The van der Waals surface area contributed by atoms with E-state index in [1.807, 2.05) is 28.9 Å². The minimum absolute atomic E-state index is 0.283. The Balaban J connectivity index is 2.33. The number of rotatable bonds is 2. The highest BCUT2D eigenvalue weighted by Gasteiger charge is 2.12. The molecule has 1 N–H and O–H groups in total. The van der Waals surface area contributed by atoms with E-state index >= 15 is 0 Å². The van der Waals surface area contributed by atoms with Crippen molar-refractivity contribution in [2.45, 2.75) is 19.9 Å². The molecule has 0 amide bonds. The lowest BCUT2D eigenvalue weighted by Crippen LogP contribution is -2.04. The van der Waals surface area contributed by atoms with E-state index in [2.05, 4.69) is 25.0 Å². The van der Waals surface area contributed by atoms with Gasteiger partial charge < -0.3 is 5.11 Å². The van der Waals surface area contributed by atoms with Crippen LogP contribution in [-0.2, 0) is 0 Å². The highest BCUT2D eigenvalue weighted by atomic mass is 16.3. The summed E-state index contributed by atoms with van der Waals surface area (Å²) in [5.41, 5.74) is 2.05. The van der Waals surface area contributed by atoms with Crippen molar-refractivity contribution < 1.29 is 5.11 Å². The lowest BCUT2D eigenvalue weighted by atomic mass is 10.0. The minimum atomic E-state index is 0.283. The fourth-order valence-corrected chi connectivity index (χ4v) is 2.45. The van der Waals surface area contributed by atoms with Gasteiger partial charge in [0.2, 0.25) is 0 Å². The second-order valence-corrected chi connectivity index (χ2v) is 4.97. The Hall–Kier alpha value is -2.29. The van der Waals surface area contributed by atoms with Crippen molar-refractivity contribution in [3.05, 3.63) is 48.7 Å². The zero-order valence-corrected chi connectivity index (χ0v) is 11.0. The first-order valence-corrected chi connectivity index (χ1v) is 6.42. The summed E-state index contributed by atoms with van der Waals surface area (Å²) >= 11 is 0. The van der Waals surface area contributed by atoms with Gasteiger partial charge in [-0.1, -0.05) is 24.3 Å². The maximum absolute atomic E-state index is 9.91. The molecule has 0 spiro atoms. The van der Waals surface area contributed by atoms with Crippen LogP contribution in [0.2, 0.25) is 0 Å². The Morgan fingerprint density at radius 3 is 2.68 bits per heavy atom. The largest absolute Gasteiger partial charge is 0.508 e. The van der Waals surface area contributed by atoms with Gasteiger partial charge in [0, 0.05) is 17.8 Å². The Bertz CT molecular complexity index is 728. The summed E-state index contributed by atoms with van der Waals surface area (Å²) in [6, 6.07) is 13.9. The summed E-state index contributed by atoms with van der Waals surface area (Å²) in [6.07, 6.45) is 1.80. The molecule has 0 saturated carbocycles. The summed E-state index contributed by atoms with van der Waals surface area (Å²) in [5, 5.41) is 16.4. The summed E-state index contributed by atoms with van der Waals surface area (Å²) in [5.74, 6) is 0.283. The van der Waals surface area contributed by atoms with Gasteiger partial charge in [0.05, 0.1) is 5.69 Å². The Morgan fingerprint density at radius 1 is 1.11 bits per heavy atom. The molecule has 0 saturated heterocycles. The molecule has 0 aliphatic rings. The van der Waals surface area contributed by atoms with E-state index < -0.39 is 0 Å². The molecule has 0 fully saturated rings. The van der Waals surface area contributed by atoms with E-state index in [1.165, 1.54) is 0 Å². The van der Waals surface area contributed by atoms with Crippen LogP contribution in [0.1, 0.15) is 19.9 Å². The number of hydrogen-bond donors (Lipinski definition) is 1. The number of phenolic OH excluding ortho intramolecular Hbond substituents is 1. The lowest BCUT2D eigenvalue weighted by Gasteiger charge is -2.13. The summed E-state index contributed by atoms with van der Waals surface area (Å²) in [7, 11) is 0. The molecule has 0 aliphatic carbocycles. The van der Waals surface area contributed by atoms with Gasteiger partial charge in [0.25, 0.3) is 0 Å². The van der Waals surface area contributed by atoms with Crippen molar-refractivity contribution in [3.63, 3.8) is 0 Å². The molecule has 96 valence electrons. The number of aromatic hydroxyl groups is 1. The van der Waals surface area contributed by atoms with Crippen LogP contribution in [0.5, 0.6) is 5.75 Å². The molecule has 19 heavy (non-hydrogen) atoms. The quantitative estimate of drug-likeness (QED) is 0.748. The number of benzene rings is 2. The molecular weight excluding hydrogens is 236 g/mol. The molecule has 3 nitrogen and oxygen atoms in total. The SMILES string of the molecule is CC(C)n1nccc1-c1cc(O)cc2ccccc12. The maximum Gasteiger partial charge on any atom is 0.116 e. The minimum Gasteiger partial charge on any atom is -0.508 e. The zero-order chi connectivity index (χ0) is 13.4. The second kappa shape index (κ2) is 4.43. The average molecular weight is 252 g/mol. The zero-order valence-electron chi connectivity index (χ0n) is 11.0. The van der Waals surface area contributed by atoms with Gasteiger partial charge in [0.1, 0.15) is 5.75 Å². The molecule has 1 heterocycles. The van der Waals surface area contributed by atoms with Gasteiger partial charge in [0.15, 0.2) is 0 Å². The first kappa shape index (κ1) is 11.8. The van der Waals surface area contributed by atoms with Crippen LogP contribution in [-0.4, -0.2) is 14.9 Å². The third-order valence-corrected chi connectivity index (χ3v) is 3.28. The molecule has 0 unspecified atom stereocenters. The Kier molecular flexibility index (Phi) is 2.75. The van der Waals surface area contributed by atoms with Gasteiger partial charge >= 0.3 is 0 Å². The summed E-state index contributed by atoms with van der Waals surface area (Å²) in [6.45, 7) is 4.20. The van der Waals surface area contributed by atoms with Crippen LogP contribution >= 0.6 is 0 Å². The second-order valence-electron chi connectivity index (χ2n) is 4.97. The van der Waals surface area contributed by atoms with Crippen molar-refractivity contribution in [2.75, 3.05) is 0 Å². The van der Waals surface area contributed by atoms with Crippen molar-refractivity contribution in [3.8, 4) is 17.0 Å². The van der Waals surface area contributed by atoms with Crippen molar-refractivity contribution in [2.24, 2.45) is 0 Å². The number of phenols is 1. The van der Waals surface area contributed by atoms with Crippen LogP contribution in [0, 0.1) is 0 Å². The maximum atomic E-state index is 9.91. The number of nitrogens with zero attached hydrogens (tertiary/aromatic N) is 2. The standard InChI is InChI=1S/C16H16N2O/c1-11(2)18-16(7-8-17-18)15-10-13(19)9-12-5-3-4-6-14(12)15/h3-11,19H,1-2H3. The van der Waals surface area contributed by atoms with Crippen LogP contribution in [0.15, 0.2) is 48.7 Å². The molecule has 3 heteroatoms. The number of aromatic nitrogens is 2. The molecule has 0 aliphatic heterocycles. The van der Waals surface area contributed by atoms with Crippen LogP contribution in [0.25, 0.3) is 22.0 Å². The average Bonchev–Trinajstić information content (AvgIpc) is 2.86. The molecule has 0 atom stereocenters. The fourth-order valence-electron chi connectivity index (χ4n) is 2.45. The summed E-state index contributed by atoms with van der Waals surface area (Å²) in [4.78, 5) is 0. The number of hydrogen-bond acceptors (Lipinski definition) is 2. The highest BCUT2D eigenvalue weighted by molar-refractivity contribution is 5.97. The van der Waals surface area contributed by atoms with E-state index in [-0.39, 0.29) is 11.8 Å². The van der Waals surface area contributed by atoms with Gasteiger partial charge in [-0.2, -0.15) is 5.10 Å². The Morgan fingerprint density at radius 2 is 1.89 bits per heavy atom. The first-order valence-electron chi connectivity index (χ1n) is 6.42. The van der Waals surface area contributed by atoms with E-state index in [0.29, 0.717) is 0 Å². The predicted octanol–water partition coefficient (Wildman–Crippen LogP) is 3.99. The Labute approximate surface area is 112 Å². The normalized spacial score (nSPS) is 11.3. The van der Waals surface area contributed by atoms with Gasteiger partial charge in [-0.3, -0.25) is 4.68 Å². The van der Waals surface area contributed by atoms with Gasteiger partial charge in [-0.25, -0.2) is 0 Å². The van der Waals surface area contributed by atoms with E-state index in [4.69, 9.17) is 0 Å². The number of fused-ring (bicyclic) bond motifs is 1. The molecule has 1 aromatic heterocycles. The third-order valence-electron chi connectivity index (χ3n) is 3.28. The predicted molar refractivity (Wildman–Crippen MR) is 77.2 cm³/mol. The monoisotopic (exact) mass is 252 g/mol. The molecule has 0 radical (unpaired) electrons. The van der Waals surface area contributed by atoms with E-state index in [0.717, 1.165) is 22.0 Å². The van der Waals surface area contributed by atoms with Crippen LogP contribution < -0.4 is 0 Å². The van der Waals surface area contributed by atoms with Crippen molar-refractivity contribution in [1.82, 2.24) is 9.78 Å². The molecule has 3 rings (SSSR count). The van der Waals surface area contributed by atoms with Crippen LogP contribution in [0.3, 0.4) is 0 Å². The molecule has 0 bridgehead atoms. The van der Waals surface area contributed by atoms with E-state index in [9.17, 15) is 5.11 Å². The van der Waals surface area contributed by atoms with Gasteiger partial charge in [-0.05, 0) is 42.8 Å². The molecule has 2 aromatic carbocycles. The highest BCUT2D eigenvalue weighted by Crippen LogP contribution is 2.33. The summed E-state index contributed by atoms with van der Waals surface area (Å²) < 4.78 is 1.97. The molecule has 3 aromatic rings. The van der Waals surface area contributed by atoms with Crippen molar-refractivity contribution in [1.29, 1.82) is 0 Å². The van der Waals surface area contributed by atoms with Gasteiger partial charge in [-0.15, -0.1) is 0 Å².